The molecular formula is C16H21FN2O2. The van der Waals surface area contributed by atoms with Crippen molar-refractivity contribution in [3.8, 4) is 0 Å². The zero-order valence-corrected chi connectivity index (χ0v) is 12.9. The second kappa shape index (κ2) is 6.16. The molecule has 0 aliphatic heterocycles. The highest BCUT2D eigenvalue weighted by molar-refractivity contribution is 5.85. The van der Waals surface area contributed by atoms with Crippen LogP contribution in [0.5, 0.6) is 0 Å². The molecule has 2 aromatic rings. The monoisotopic (exact) mass is 292 g/mol. The minimum Gasteiger partial charge on any atom is -0.447 e. The van der Waals surface area contributed by atoms with E-state index in [0.717, 1.165) is 22.2 Å². The number of halogens is 1. The van der Waals surface area contributed by atoms with Gasteiger partial charge in [0.15, 0.2) is 0 Å². The molecule has 0 bridgehead atoms. The number of hydrogen-bond acceptors (Lipinski definition) is 2. The lowest BCUT2D eigenvalue weighted by Gasteiger charge is -2.22. The van der Waals surface area contributed by atoms with Crippen LogP contribution in [0, 0.1) is 12.7 Å². The lowest BCUT2D eigenvalue weighted by atomic mass is 10.1. The van der Waals surface area contributed by atoms with Crippen molar-refractivity contribution < 1.29 is 13.9 Å². The molecule has 1 aromatic heterocycles. The zero-order valence-electron chi connectivity index (χ0n) is 12.9. The van der Waals surface area contributed by atoms with Gasteiger partial charge in [0.05, 0.1) is 12.6 Å². The van der Waals surface area contributed by atoms with Gasteiger partial charge in [0.25, 0.3) is 0 Å². The van der Waals surface area contributed by atoms with Gasteiger partial charge in [0.2, 0.25) is 0 Å². The molecule has 0 saturated carbocycles. The molecule has 21 heavy (non-hydrogen) atoms. The quantitative estimate of drug-likeness (QED) is 0.926. The third-order valence-corrected chi connectivity index (χ3v) is 3.41. The number of aryl methyl sites for hydroxylation is 1. The number of hydrogen-bond donors (Lipinski definition) is 1. The van der Waals surface area contributed by atoms with Crippen LogP contribution < -0.4 is 0 Å². The molecule has 0 aliphatic carbocycles. The van der Waals surface area contributed by atoms with E-state index in [-0.39, 0.29) is 18.0 Å². The second-order valence-electron chi connectivity index (χ2n) is 5.37. The van der Waals surface area contributed by atoms with Crippen LogP contribution in [0.25, 0.3) is 10.9 Å². The summed E-state index contributed by atoms with van der Waals surface area (Å²) < 4.78 is 18.7. The first-order valence-corrected chi connectivity index (χ1v) is 7.14. The molecule has 0 radical (unpaired) electrons. The predicted molar refractivity (Wildman–Crippen MR) is 80.7 cm³/mol. The van der Waals surface area contributed by atoms with Crippen molar-refractivity contribution in [2.75, 3.05) is 6.54 Å². The van der Waals surface area contributed by atoms with Gasteiger partial charge in [-0.2, -0.15) is 0 Å². The highest BCUT2D eigenvalue weighted by atomic mass is 19.1. The SMILES string of the molecule is CCN(Cc1c(C)[nH]c2ccc(F)cc12)C(=O)OC(C)C. The number of carbonyl (C=O) groups excluding carboxylic acids is 1. The maximum atomic E-state index is 13.5. The molecule has 1 N–H and O–H groups in total. The Morgan fingerprint density at radius 2 is 2.14 bits per heavy atom. The van der Waals surface area contributed by atoms with Crippen LogP contribution in [-0.2, 0) is 11.3 Å². The Bertz CT molecular complexity index is 649. The number of rotatable bonds is 4. The minimum absolute atomic E-state index is 0.159. The summed E-state index contributed by atoms with van der Waals surface area (Å²) in [4.78, 5) is 16.9. The Kier molecular flexibility index (Phi) is 4.50. The standard InChI is InChI=1S/C16H21FN2O2/c1-5-19(16(20)21-10(2)3)9-14-11(4)18-15-7-6-12(17)8-13(14)15/h6-8,10,18H,5,9H2,1-4H3. The number of ether oxygens (including phenoxy) is 1. The molecule has 0 atom stereocenters. The molecule has 0 unspecified atom stereocenters. The van der Waals surface area contributed by atoms with Crippen LogP contribution in [0.1, 0.15) is 32.0 Å². The van der Waals surface area contributed by atoms with Gasteiger partial charge >= 0.3 is 6.09 Å². The Hall–Kier alpha value is -2.04. The largest absolute Gasteiger partial charge is 0.447 e. The van der Waals surface area contributed by atoms with Crippen molar-refractivity contribution in [1.29, 1.82) is 0 Å². The first-order valence-electron chi connectivity index (χ1n) is 7.14. The third kappa shape index (κ3) is 3.35. The van der Waals surface area contributed by atoms with Gasteiger partial charge in [0, 0.05) is 23.1 Å². The summed E-state index contributed by atoms with van der Waals surface area (Å²) in [5.41, 5.74) is 2.73. The van der Waals surface area contributed by atoms with Gasteiger partial charge < -0.3 is 14.6 Å². The number of benzene rings is 1. The van der Waals surface area contributed by atoms with Crippen LogP contribution >= 0.6 is 0 Å². The van der Waals surface area contributed by atoms with Crippen LogP contribution in [0.3, 0.4) is 0 Å². The number of nitrogens with one attached hydrogen (secondary N) is 1. The molecule has 1 amide bonds. The second-order valence-corrected chi connectivity index (χ2v) is 5.37. The lowest BCUT2D eigenvalue weighted by Crippen LogP contribution is -2.32. The highest BCUT2D eigenvalue weighted by Crippen LogP contribution is 2.24. The van der Waals surface area contributed by atoms with Crippen LogP contribution in [0.2, 0.25) is 0 Å². The van der Waals surface area contributed by atoms with Crippen LogP contribution in [0.15, 0.2) is 18.2 Å². The number of amides is 1. The molecule has 0 aliphatic rings. The van der Waals surface area contributed by atoms with Crippen molar-refractivity contribution >= 4 is 17.0 Å². The summed E-state index contributed by atoms with van der Waals surface area (Å²) >= 11 is 0. The number of fused-ring (bicyclic) bond motifs is 1. The van der Waals surface area contributed by atoms with Crippen molar-refractivity contribution in [2.24, 2.45) is 0 Å². The highest BCUT2D eigenvalue weighted by Gasteiger charge is 2.18. The number of nitrogens with zero attached hydrogens (tertiary/aromatic N) is 1. The van der Waals surface area contributed by atoms with Crippen molar-refractivity contribution in [3.63, 3.8) is 0 Å². The summed E-state index contributed by atoms with van der Waals surface area (Å²) in [5, 5.41) is 0.809. The van der Waals surface area contributed by atoms with E-state index < -0.39 is 0 Å². The number of carbonyl (C=O) groups is 1. The van der Waals surface area contributed by atoms with Crippen molar-refractivity contribution in [1.82, 2.24) is 9.88 Å². The van der Waals surface area contributed by atoms with E-state index in [1.807, 2.05) is 27.7 Å². The average molecular weight is 292 g/mol. The van der Waals surface area contributed by atoms with E-state index in [1.165, 1.54) is 12.1 Å². The molecular weight excluding hydrogens is 271 g/mol. The van der Waals surface area contributed by atoms with Gasteiger partial charge in [-0.15, -0.1) is 0 Å². The summed E-state index contributed by atoms with van der Waals surface area (Å²) in [6.07, 6.45) is -0.509. The predicted octanol–water partition coefficient (Wildman–Crippen LogP) is 3.98. The maximum absolute atomic E-state index is 13.5. The normalized spacial score (nSPS) is 11.1. The Labute approximate surface area is 123 Å². The van der Waals surface area contributed by atoms with E-state index in [2.05, 4.69) is 4.98 Å². The van der Waals surface area contributed by atoms with E-state index in [0.29, 0.717) is 13.1 Å². The summed E-state index contributed by atoms with van der Waals surface area (Å²) in [7, 11) is 0. The van der Waals surface area contributed by atoms with E-state index in [9.17, 15) is 9.18 Å². The van der Waals surface area contributed by atoms with Gasteiger partial charge in [-0.05, 0) is 51.5 Å². The Morgan fingerprint density at radius 3 is 2.76 bits per heavy atom. The number of H-pyrrole nitrogens is 1. The molecule has 2 rings (SSSR count). The Morgan fingerprint density at radius 1 is 1.43 bits per heavy atom. The molecule has 5 heteroatoms. The molecule has 0 spiro atoms. The van der Waals surface area contributed by atoms with Gasteiger partial charge in [-0.25, -0.2) is 9.18 Å². The summed E-state index contributed by atoms with van der Waals surface area (Å²) in [6.45, 7) is 8.39. The van der Waals surface area contributed by atoms with E-state index in [4.69, 9.17) is 4.74 Å². The first-order chi connectivity index (χ1) is 9.92. The molecule has 0 saturated heterocycles. The van der Waals surface area contributed by atoms with Crippen molar-refractivity contribution in [2.45, 2.75) is 40.3 Å². The molecule has 0 fully saturated rings. The fourth-order valence-corrected chi connectivity index (χ4v) is 2.33. The molecule has 4 nitrogen and oxygen atoms in total. The number of aromatic nitrogens is 1. The van der Waals surface area contributed by atoms with Gasteiger partial charge in [-0.1, -0.05) is 0 Å². The minimum atomic E-state index is -0.349. The van der Waals surface area contributed by atoms with Crippen molar-refractivity contribution in [3.05, 3.63) is 35.3 Å². The number of aromatic amines is 1. The molecule has 1 aromatic carbocycles. The van der Waals surface area contributed by atoms with Crippen LogP contribution in [-0.4, -0.2) is 28.6 Å². The summed E-state index contributed by atoms with van der Waals surface area (Å²) in [6, 6.07) is 4.63. The third-order valence-electron chi connectivity index (χ3n) is 3.41. The Balaban J connectivity index is 2.31. The maximum Gasteiger partial charge on any atom is 0.410 e. The lowest BCUT2D eigenvalue weighted by molar-refractivity contribution is 0.0763. The molecule has 114 valence electrons. The summed E-state index contributed by atoms with van der Waals surface area (Å²) in [5.74, 6) is -0.282. The van der Waals surface area contributed by atoms with E-state index in [1.54, 1.807) is 11.0 Å². The molecule has 1 heterocycles. The van der Waals surface area contributed by atoms with Gasteiger partial charge in [0.1, 0.15) is 5.82 Å². The average Bonchev–Trinajstić information content (AvgIpc) is 2.70. The van der Waals surface area contributed by atoms with Gasteiger partial charge in [-0.3, -0.25) is 0 Å². The first kappa shape index (κ1) is 15.4. The smallest absolute Gasteiger partial charge is 0.410 e. The topological polar surface area (TPSA) is 45.3 Å². The van der Waals surface area contributed by atoms with Crippen LogP contribution in [0.4, 0.5) is 9.18 Å². The fourth-order valence-electron chi connectivity index (χ4n) is 2.33. The fraction of sp³-hybridized carbons (Fsp3) is 0.438. The zero-order chi connectivity index (χ0) is 15.6. The van der Waals surface area contributed by atoms with E-state index >= 15 is 0 Å².